The highest BCUT2D eigenvalue weighted by atomic mass is 35.5. The Morgan fingerprint density at radius 1 is 1.29 bits per heavy atom. The van der Waals surface area contributed by atoms with Crippen molar-refractivity contribution in [2.45, 2.75) is 24.3 Å². The summed E-state index contributed by atoms with van der Waals surface area (Å²) in [5.74, 6) is -0.547. The molecule has 7 nitrogen and oxygen atoms in total. The summed E-state index contributed by atoms with van der Waals surface area (Å²) in [5.41, 5.74) is 1.02. The molecule has 28 heavy (non-hydrogen) atoms. The van der Waals surface area contributed by atoms with E-state index in [2.05, 4.69) is 9.71 Å². The molecular weight excluding hydrogens is 424 g/mol. The predicted molar refractivity (Wildman–Crippen MR) is 108 cm³/mol. The van der Waals surface area contributed by atoms with E-state index in [1.165, 1.54) is 18.2 Å². The van der Waals surface area contributed by atoms with Crippen LogP contribution in [0.2, 0.25) is 5.02 Å². The molecule has 0 saturated carbocycles. The number of hydrogen-bond donors (Lipinski definition) is 2. The van der Waals surface area contributed by atoms with Gasteiger partial charge in [-0.15, -0.1) is 0 Å². The summed E-state index contributed by atoms with van der Waals surface area (Å²) in [6, 6.07) is 10.1. The van der Waals surface area contributed by atoms with Crippen molar-refractivity contribution in [2.24, 2.45) is 0 Å². The number of nitrogens with one attached hydrogen (secondary N) is 2. The molecule has 2 aromatic carbocycles. The van der Waals surface area contributed by atoms with Gasteiger partial charge in [0.15, 0.2) is 0 Å². The van der Waals surface area contributed by atoms with Crippen LogP contribution in [0.4, 0.5) is 0 Å². The van der Waals surface area contributed by atoms with E-state index in [1.54, 1.807) is 31.2 Å². The molecule has 148 valence electrons. The molecule has 0 bridgehead atoms. The van der Waals surface area contributed by atoms with Gasteiger partial charge in [-0.1, -0.05) is 41.1 Å². The van der Waals surface area contributed by atoms with Gasteiger partial charge in [0, 0.05) is 5.02 Å². The molecule has 3 aromatic rings. The molecule has 0 radical (unpaired) electrons. The van der Waals surface area contributed by atoms with Crippen molar-refractivity contribution >= 4 is 49.1 Å². The Kier molecular flexibility index (Phi) is 6.19. The Hall–Kier alpha value is -2.20. The summed E-state index contributed by atoms with van der Waals surface area (Å²) in [6.07, 6.45) is -0.212. The first kappa shape index (κ1) is 20.5. The summed E-state index contributed by atoms with van der Waals surface area (Å²) >= 11 is 7.13. The quantitative estimate of drug-likeness (QED) is 0.549. The molecule has 0 fully saturated rings. The second-order valence-electron chi connectivity index (χ2n) is 5.88. The van der Waals surface area contributed by atoms with Gasteiger partial charge in [0.05, 0.1) is 34.2 Å². The summed E-state index contributed by atoms with van der Waals surface area (Å²) in [4.78, 5) is 25.8. The zero-order valence-corrected chi connectivity index (χ0v) is 17.2. The maximum Gasteiger partial charge on any atom is 0.307 e. The Labute approximate surface area is 170 Å². The van der Waals surface area contributed by atoms with Crippen molar-refractivity contribution in [2.75, 3.05) is 6.61 Å². The molecule has 0 aliphatic rings. The first-order chi connectivity index (χ1) is 13.3. The average molecular weight is 441 g/mol. The number of hydrogen-bond acceptors (Lipinski definition) is 6. The highest BCUT2D eigenvalue weighted by Crippen LogP contribution is 2.28. The summed E-state index contributed by atoms with van der Waals surface area (Å²) in [7, 11) is -3.99. The zero-order chi connectivity index (χ0) is 20.3. The Bertz CT molecular complexity index is 1170. The number of carbonyl (C=O) groups is 1. The lowest BCUT2D eigenvalue weighted by molar-refractivity contribution is -0.143. The van der Waals surface area contributed by atoms with E-state index in [4.69, 9.17) is 16.3 Å². The Balaban J connectivity index is 1.96. The highest BCUT2D eigenvalue weighted by Gasteiger charge is 2.26. The second kappa shape index (κ2) is 8.44. The number of benzene rings is 2. The fourth-order valence-electron chi connectivity index (χ4n) is 2.71. The highest BCUT2D eigenvalue weighted by molar-refractivity contribution is 7.89. The number of esters is 1. The van der Waals surface area contributed by atoms with Crippen LogP contribution in [0.5, 0.6) is 0 Å². The predicted octanol–water partition coefficient (Wildman–Crippen LogP) is 3.22. The third kappa shape index (κ3) is 4.61. The number of H-pyrrole nitrogens is 1. The van der Waals surface area contributed by atoms with Gasteiger partial charge in [0.2, 0.25) is 10.0 Å². The van der Waals surface area contributed by atoms with Crippen LogP contribution in [0.25, 0.3) is 10.2 Å². The summed E-state index contributed by atoms with van der Waals surface area (Å²) < 4.78 is 33.9. The van der Waals surface area contributed by atoms with E-state index in [-0.39, 0.29) is 22.8 Å². The van der Waals surface area contributed by atoms with Gasteiger partial charge in [-0.2, -0.15) is 0 Å². The van der Waals surface area contributed by atoms with Crippen molar-refractivity contribution in [3.05, 3.63) is 62.7 Å². The van der Waals surface area contributed by atoms with E-state index < -0.39 is 22.0 Å². The van der Waals surface area contributed by atoms with Gasteiger partial charge < -0.3 is 9.72 Å². The van der Waals surface area contributed by atoms with Crippen LogP contribution < -0.4 is 9.60 Å². The normalized spacial score (nSPS) is 12.8. The fraction of sp³-hybridized carbons (Fsp3) is 0.222. The number of aromatic nitrogens is 1. The molecule has 0 aliphatic carbocycles. The number of ether oxygens (including phenoxy) is 1. The minimum Gasteiger partial charge on any atom is -0.466 e. The van der Waals surface area contributed by atoms with Crippen molar-refractivity contribution in [3.8, 4) is 0 Å². The van der Waals surface area contributed by atoms with Crippen molar-refractivity contribution in [1.29, 1.82) is 0 Å². The molecule has 1 heterocycles. The van der Waals surface area contributed by atoms with Gasteiger partial charge in [0.25, 0.3) is 0 Å². The first-order valence-electron chi connectivity index (χ1n) is 8.35. The number of fused-ring (bicyclic) bond motifs is 1. The minimum atomic E-state index is -3.99. The number of rotatable bonds is 7. The molecule has 2 N–H and O–H groups in total. The monoisotopic (exact) mass is 440 g/mol. The zero-order valence-electron chi connectivity index (χ0n) is 14.8. The number of thiazole rings is 1. The van der Waals surface area contributed by atoms with Crippen LogP contribution in [0.1, 0.15) is 24.9 Å². The van der Waals surface area contributed by atoms with Crippen molar-refractivity contribution in [1.82, 2.24) is 9.71 Å². The Morgan fingerprint density at radius 3 is 2.75 bits per heavy atom. The van der Waals surface area contributed by atoms with Gasteiger partial charge in [-0.25, -0.2) is 13.1 Å². The molecule has 1 atom stereocenters. The van der Waals surface area contributed by atoms with Crippen molar-refractivity contribution in [3.63, 3.8) is 0 Å². The Morgan fingerprint density at radius 2 is 2.04 bits per heavy atom. The second-order valence-corrected chi connectivity index (χ2v) is 9.01. The van der Waals surface area contributed by atoms with E-state index in [0.717, 1.165) is 11.3 Å². The third-order valence-electron chi connectivity index (χ3n) is 3.96. The molecule has 10 heteroatoms. The third-order valence-corrected chi connectivity index (χ3v) is 6.62. The SMILES string of the molecule is CCOC(=O)C[C@@H](NS(=O)(=O)c1ccc2[nH]c(=O)sc2c1)c1ccccc1Cl. The molecule has 0 unspecified atom stereocenters. The van der Waals surface area contributed by atoms with E-state index >= 15 is 0 Å². The molecule has 0 amide bonds. The molecule has 3 rings (SSSR count). The molecule has 1 aromatic heterocycles. The maximum atomic E-state index is 12.9. The summed E-state index contributed by atoms with van der Waals surface area (Å²) in [5, 5.41) is 0.332. The smallest absolute Gasteiger partial charge is 0.307 e. The minimum absolute atomic E-state index is 0.0174. The molecule has 0 saturated heterocycles. The van der Waals surface area contributed by atoms with E-state index in [0.29, 0.717) is 20.8 Å². The lowest BCUT2D eigenvalue weighted by Gasteiger charge is -2.19. The standard InChI is InChI=1S/C18H17ClN2O5S2/c1-2-26-17(22)10-15(12-5-3-4-6-13(12)19)21-28(24,25)11-7-8-14-16(9-11)27-18(23)20-14/h3-9,15,21H,2,10H2,1H3,(H,20,23)/t15-/m1/s1. The lowest BCUT2D eigenvalue weighted by atomic mass is 10.1. The fourth-order valence-corrected chi connectivity index (χ4v) is 5.07. The van der Waals surface area contributed by atoms with Gasteiger partial charge in [-0.05, 0) is 36.8 Å². The number of halogens is 1. The van der Waals surface area contributed by atoms with Gasteiger partial charge >= 0.3 is 10.8 Å². The largest absolute Gasteiger partial charge is 0.466 e. The molecular formula is C18H17ClN2O5S2. The topological polar surface area (TPSA) is 105 Å². The van der Waals surface area contributed by atoms with Crippen LogP contribution in [0, 0.1) is 0 Å². The van der Waals surface area contributed by atoms with Crippen LogP contribution in [-0.2, 0) is 19.6 Å². The van der Waals surface area contributed by atoms with E-state index in [9.17, 15) is 18.0 Å². The lowest BCUT2D eigenvalue weighted by Crippen LogP contribution is -2.31. The average Bonchev–Trinajstić information content (AvgIpc) is 3.00. The van der Waals surface area contributed by atoms with E-state index in [1.807, 2.05) is 0 Å². The number of carbonyl (C=O) groups excluding carboxylic acids is 1. The molecule has 0 aliphatic heterocycles. The van der Waals surface area contributed by atoms with Crippen LogP contribution in [-0.4, -0.2) is 26.0 Å². The van der Waals surface area contributed by atoms with Crippen molar-refractivity contribution < 1.29 is 17.9 Å². The van der Waals surface area contributed by atoms with Crippen LogP contribution in [0.15, 0.2) is 52.2 Å². The maximum absolute atomic E-state index is 12.9. The van der Waals surface area contributed by atoms with Crippen LogP contribution >= 0.6 is 22.9 Å². The number of sulfonamides is 1. The number of aromatic amines is 1. The first-order valence-corrected chi connectivity index (χ1v) is 11.0. The van der Waals surface area contributed by atoms with Gasteiger partial charge in [-0.3, -0.25) is 9.59 Å². The summed E-state index contributed by atoms with van der Waals surface area (Å²) in [6.45, 7) is 1.86. The molecule has 0 spiro atoms. The van der Waals surface area contributed by atoms with Gasteiger partial charge in [0.1, 0.15) is 0 Å². The van der Waals surface area contributed by atoms with Crippen LogP contribution in [0.3, 0.4) is 0 Å².